The van der Waals surface area contributed by atoms with Crippen molar-refractivity contribution in [3.63, 3.8) is 0 Å². The van der Waals surface area contributed by atoms with E-state index in [2.05, 4.69) is 10.1 Å². The molecule has 198 valence electrons. The van der Waals surface area contributed by atoms with Gasteiger partial charge in [0, 0.05) is 17.7 Å². The first-order chi connectivity index (χ1) is 16.9. The summed E-state index contributed by atoms with van der Waals surface area (Å²) in [6.07, 6.45) is -0.976. The van der Waals surface area contributed by atoms with Crippen LogP contribution in [0.15, 0.2) is 36.5 Å². The Morgan fingerprint density at radius 1 is 1.28 bits per heavy atom. The molecule has 2 aromatic rings. The Balaban J connectivity index is 1.77. The Bertz CT molecular complexity index is 1220. The average molecular weight is 558 g/mol. The number of aromatic nitrogens is 2. The highest BCUT2D eigenvalue weighted by Gasteiger charge is 2.44. The lowest BCUT2D eigenvalue weighted by molar-refractivity contribution is -0.149. The molecule has 0 saturated carbocycles. The molecule has 1 aliphatic rings. The molecular formula is C23H32N3O7PS2. The molecule has 0 aliphatic carbocycles. The zero-order valence-corrected chi connectivity index (χ0v) is 23.3. The van der Waals surface area contributed by atoms with E-state index < -0.39 is 38.2 Å². The lowest BCUT2D eigenvalue weighted by Crippen LogP contribution is -2.37. The molecule has 10 nitrogen and oxygen atoms in total. The first kappa shape index (κ1) is 28.6. The molecular weight excluding hydrogens is 525 g/mol. The van der Waals surface area contributed by atoms with Crippen molar-refractivity contribution in [1.82, 2.24) is 14.6 Å². The predicted octanol–water partition coefficient (Wildman–Crippen LogP) is 4.61. The number of nitrogens with zero attached hydrogens (tertiary/aromatic N) is 1. The summed E-state index contributed by atoms with van der Waals surface area (Å²) in [7, 11) is -4.10. The number of aliphatic hydroxyl groups is 1. The number of hydrogen-bond acceptors (Lipinski definition) is 9. The molecule has 1 aromatic carbocycles. The largest absolute Gasteiger partial charge is 0.462 e. The van der Waals surface area contributed by atoms with Crippen molar-refractivity contribution in [2.75, 3.05) is 6.61 Å². The number of carbonyl (C=O) groups excluding carboxylic acids is 1. The van der Waals surface area contributed by atoms with E-state index in [4.69, 9.17) is 43.0 Å². The Kier molecular flexibility index (Phi) is 9.62. The fourth-order valence-corrected chi connectivity index (χ4v) is 5.60. The fraction of sp³-hybridized carbons (Fsp3) is 0.522. The zero-order chi connectivity index (χ0) is 26.6. The average Bonchev–Trinajstić information content (AvgIpc) is 3.08. The van der Waals surface area contributed by atoms with Gasteiger partial charge in [0.1, 0.15) is 28.8 Å². The number of benzene rings is 1. The standard InChI is InChI=1S/C23H32N3O7PS2/c1-13(2)31-22(28)16(5)25-34(29,33-17-9-7-6-8-10-17)30-12-18-19(27)15(4)21(32-18)26-11-14(3)20(35)24-23(26)36/h6-11,13,15-16,18-19,21,27H,12H2,1-5H3,(H,25,29)(H,24,35,36)/t15-,16+,18+,19?,21+,34-/m1/s1. The number of carbonyl (C=O) groups is 1. The zero-order valence-electron chi connectivity index (χ0n) is 20.7. The summed E-state index contributed by atoms with van der Waals surface area (Å²) in [5, 5.41) is 13.5. The second kappa shape index (κ2) is 12.1. The molecule has 3 N–H and O–H groups in total. The van der Waals surface area contributed by atoms with Crippen molar-refractivity contribution in [3.8, 4) is 5.75 Å². The summed E-state index contributed by atoms with van der Waals surface area (Å²) in [6.45, 7) is 8.31. The lowest BCUT2D eigenvalue weighted by atomic mass is 10.0. The molecule has 0 bridgehead atoms. The molecule has 13 heteroatoms. The van der Waals surface area contributed by atoms with Gasteiger partial charge in [0.05, 0.1) is 18.8 Å². The minimum absolute atomic E-state index is 0.276. The third-order valence-corrected chi connectivity index (χ3v) is 7.92. The maximum Gasteiger partial charge on any atom is 0.459 e. The quantitative estimate of drug-likeness (QED) is 0.217. The third kappa shape index (κ3) is 7.10. The SMILES string of the molecule is Cc1cn([C@H]2O[C@@H](CO[P@](=O)(N[C@@H](C)C(=O)OC(C)C)Oc3ccccc3)C(O)[C@H]2C)c(=S)[nH]c1=S. The molecule has 2 heterocycles. The monoisotopic (exact) mass is 557 g/mol. The van der Waals surface area contributed by atoms with Crippen LogP contribution >= 0.6 is 32.2 Å². The van der Waals surface area contributed by atoms with E-state index in [0.29, 0.717) is 9.41 Å². The molecule has 1 fully saturated rings. The minimum atomic E-state index is -4.10. The molecule has 1 aromatic heterocycles. The number of aliphatic hydroxyl groups excluding tert-OH is 1. The van der Waals surface area contributed by atoms with Crippen LogP contribution in [-0.2, 0) is 23.4 Å². The molecule has 36 heavy (non-hydrogen) atoms. The van der Waals surface area contributed by atoms with Crippen molar-refractivity contribution in [3.05, 3.63) is 51.5 Å². The van der Waals surface area contributed by atoms with E-state index in [1.54, 1.807) is 54.9 Å². The van der Waals surface area contributed by atoms with Gasteiger partial charge < -0.3 is 24.1 Å². The maximum absolute atomic E-state index is 13.7. The number of nitrogens with one attached hydrogen (secondary N) is 2. The summed E-state index contributed by atoms with van der Waals surface area (Å²) >= 11 is 10.6. The number of ether oxygens (including phenoxy) is 2. The van der Waals surface area contributed by atoms with Crippen LogP contribution in [-0.4, -0.2) is 51.6 Å². The van der Waals surface area contributed by atoms with Gasteiger partial charge in [-0.05, 0) is 52.0 Å². The van der Waals surface area contributed by atoms with Gasteiger partial charge in [-0.15, -0.1) is 0 Å². The summed E-state index contributed by atoms with van der Waals surface area (Å²) in [4.78, 5) is 15.3. The topological polar surface area (TPSA) is 124 Å². The summed E-state index contributed by atoms with van der Waals surface area (Å²) < 4.78 is 38.8. The van der Waals surface area contributed by atoms with Gasteiger partial charge in [0.15, 0.2) is 4.77 Å². The van der Waals surface area contributed by atoms with E-state index in [1.165, 1.54) is 6.92 Å². The highest BCUT2D eigenvalue weighted by molar-refractivity contribution is 7.72. The van der Waals surface area contributed by atoms with Crippen LogP contribution in [0.1, 0.15) is 39.5 Å². The van der Waals surface area contributed by atoms with Crippen LogP contribution in [0.2, 0.25) is 0 Å². The van der Waals surface area contributed by atoms with Crippen molar-refractivity contribution in [2.45, 2.75) is 65.2 Å². The number of H-pyrrole nitrogens is 1. The van der Waals surface area contributed by atoms with Crippen LogP contribution in [0.4, 0.5) is 0 Å². The molecule has 0 spiro atoms. The highest BCUT2D eigenvalue weighted by atomic mass is 32.1. The summed E-state index contributed by atoms with van der Waals surface area (Å²) in [5.74, 6) is -0.697. The van der Waals surface area contributed by atoms with Crippen molar-refractivity contribution < 1.29 is 33.0 Å². The van der Waals surface area contributed by atoms with Crippen molar-refractivity contribution >= 4 is 38.2 Å². The van der Waals surface area contributed by atoms with Gasteiger partial charge in [0.25, 0.3) is 0 Å². The molecule has 1 saturated heterocycles. The minimum Gasteiger partial charge on any atom is -0.462 e. The third-order valence-electron chi connectivity index (χ3n) is 5.54. The number of esters is 1. The van der Waals surface area contributed by atoms with Gasteiger partial charge in [-0.2, -0.15) is 5.09 Å². The second-order valence-corrected chi connectivity index (χ2v) is 11.4. The van der Waals surface area contributed by atoms with E-state index >= 15 is 0 Å². The van der Waals surface area contributed by atoms with Crippen LogP contribution in [0.5, 0.6) is 5.75 Å². The fourth-order valence-electron chi connectivity index (χ4n) is 3.63. The molecule has 3 rings (SSSR count). The maximum atomic E-state index is 13.7. The Morgan fingerprint density at radius 3 is 2.58 bits per heavy atom. The normalized spacial score (nSPS) is 24.3. The smallest absolute Gasteiger partial charge is 0.459 e. The molecule has 6 atom stereocenters. The molecule has 1 aliphatic heterocycles. The number of rotatable bonds is 10. The molecule has 0 amide bonds. The Labute approximate surface area is 220 Å². The number of aryl methyl sites for hydroxylation is 1. The summed E-state index contributed by atoms with van der Waals surface area (Å²) in [5.41, 5.74) is 0.802. The van der Waals surface area contributed by atoms with Gasteiger partial charge in [-0.25, -0.2) is 4.57 Å². The number of para-hydroxylation sites is 1. The summed E-state index contributed by atoms with van der Waals surface area (Å²) in [6, 6.07) is 7.43. The van der Waals surface area contributed by atoms with E-state index in [9.17, 15) is 14.5 Å². The van der Waals surface area contributed by atoms with Gasteiger partial charge in [-0.3, -0.25) is 13.9 Å². The van der Waals surface area contributed by atoms with E-state index in [1.807, 2.05) is 13.8 Å². The Hall–Kier alpha value is -1.92. The van der Waals surface area contributed by atoms with E-state index in [0.717, 1.165) is 5.56 Å². The first-order valence-electron chi connectivity index (χ1n) is 11.5. The van der Waals surface area contributed by atoms with Crippen molar-refractivity contribution in [1.29, 1.82) is 0 Å². The number of aromatic amines is 1. The lowest BCUT2D eigenvalue weighted by Gasteiger charge is -2.25. The van der Waals surface area contributed by atoms with Crippen LogP contribution in [0.25, 0.3) is 0 Å². The first-order valence-corrected chi connectivity index (χ1v) is 13.9. The van der Waals surface area contributed by atoms with Gasteiger partial charge in [-0.1, -0.05) is 37.3 Å². The van der Waals surface area contributed by atoms with Gasteiger partial charge >= 0.3 is 13.7 Å². The number of hydrogen-bond donors (Lipinski definition) is 3. The molecule has 1 unspecified atom stereocenters. The van der Waals surface area contributed by atoms with Crippen molar-refractivity contribution in [2.24, 2.45) is 5.92 Å². The van der Waals surface area contributed by atoms with E-state index in [-0.39, 0.29) is 24.4 Å². The molecule has 0 radical (unpaired) electrons. The second-order valence-electron chi connectivity index (χ2n) is 8.93. The van der Waals surface area contributed by atoms with Crippen LogP contribution in [0, 0.1) is 22.3 Å². The Morgan fingerprint density at radius 2 is 1.94 bits per heavy atom. The van der Waals surface area contributed by atoms with Crippen LogP contribution in [0.3, 0.4) is 0 Å². The highest BCUT2D eigenvalue weighted by Crippen LogP contribution is 2.46. The van der Waals surface area contributed by atoms with Crippen LogP contribution < -0.4 is 9.61 Å². The predicted molar refractivity (Wildman–Crippen MR) is 139 cm³/mol. The van der Waals surface area contributed by atoms with Gasteiger partial charge in [0.2, 0.25) is 0 Å².